The van der Waals surface area contributed by atoms with Crippen LogP contribution in [0.15, 0.2) is 6.07 Å². The highest BCUT2D eigenvalue weighted by atomic mass is 16.5. The van der Waals surface area contributed by atoms with Gasteiger partial charge >= 0.3 is 0 Å². The van der Waals surface area contributed by atoms with E-state index >= 15 is 0 Å². The van der Waals surface area contributed by atoms with Crippen molar-refractivity contribution in [1.29, 1.82) is 0 Å². The molecule has 1 heterocycles. The molecule has 2 N–H and O–H groups in total. The largest absolute Gasteiger partial charge is 0.481 e. The van der Waals surface area contributed by atoms with E-state index < -0.39 is 5.60 Å². The maximum Gasteiger partial charge on any atom is 0.213 e. The predicted molar refractivity (Wildman–Crippen MR) is 54.5 cm³/mol. The van der Waals surface area contributed by atoms with Crippen LogP contribution in [-0.2, 0) is 7.05 Å². The monoisotopic (exact) mass is 199 g/mol. The summed E-state index contributed by atoms with van der Waals surface area (Å²) in [5.41, 5.74) is -0.745. The third-order valence-electron chi connectivity index (χ3n) is 1.75. The molecule has 0 amide bonds. The van der Waals surface area contributed by atoms with Gasteiger partial charge in [0, 0.05) is 19.7 Å². The zero-order chi connectivity index (χ0) is 10.8. The van der Waals surface area contributed by atoms with Gasteiger partial charge in [-0.1, -0.05) is 0 Å². The van der Waals surface area contributed by atoms with E-state index in [2.05, 4.69) is 10.4 Å². The van der Waals surface area contributed by atoms with Gasteiger partial charge in [-0.2, -0.15) is 5.10 Å². The second kappa shape index (κ2) is 3.88. The standard InChI is InChI=1S/C9H17N3O2/c1-9(2,13)6-10-7-5-8(14-4)12(3)11-7/h5,13H,6H2,1-4H3,(H,10,11). The molecule has 14 heavy (non-hydrogen) atoms. The first kappa shape index (κ1) is 10.8. The fraction of sp³-hybridized carbons (Fsp3) is 0.667. The van der Waals surface area contributed by atoms with E-state index in [-0.39, 0.29) is 0 Å². The van der Waals surface area contributed by atoms with E-state index in [1.807, 2.05) is 0 Å². The quantitative estimate of drug-likeness (QED) is 0.746. The number of aromatic nitrogens is 2. The maximum absolute atomic E-state index is 9.48. The normalized spacial score (nSPS) is 11.5. The Bertz CT molecular complexity index is 301. The topological polar surface area (TPSA) is 59.3 Å². The van der Waals surface area contributed by atoms with Gasteiger partial charge in [0.15, 0.2) is 5.82 Å². The number of ether oxygens (including phenoxy) is 1. The van der Waals surface area contributed by atoms with Gasteiger partial charge in [0.05, 0.1) is 12.7 Å². The zero-order valence-electron chi connectivity index (χ0n) is 9.03. The summed E-state index contributed by atoms with van der Waals surface area (Å²) in [6.45, 7) is 3.92. The average molecular weight is 199 g/mol. The molecular weight excluding hydrogens is 182 g/mol. The Morgan fingerprint density at radius 1 is 1.64 bits per heavy atom. The number of hydrogen-bond donors (Lipinski definition) is 2. The molecule has 0 unspecified atom stereocenters. The number of anilines is 1. The lowest BCUT2D eigenvalue weighted by Gasteiger charge is -2.16. The minimum atomic E-state index is -0.745. The van der Waals surface area contributed by atoms with Crippen molar-refractivity contribution >= 4 is 5.82 Å². The number of aryl methyl sites for hydroxylation is 1. The SMILES string of the molecule is COc1cc(NCC(C)(C)O)nn1C. The lowest BCUT2D eigenvalue weighted by molar-refractivity contribution is 0.0944. The van der Waals surface area contributed by atoms with E-state index in [0.29, 0.717) is 18.2 Å². The molecule has 0 aliphatic heterocycles. The van der Waals surface area contributed by atoms with Crippen molar-refractivity contribution in [3.8, 4) is 5.88 Å². The molecular formula is C9H17N3O2. The molecule has 80 valence electrons. The van der Waals surface area contributed by atoms with Crippen LogP contribution < -0.4 is 10.1 Å². The Kier molecular flexibility index (Phi) is 3.00. The minimum absolute atomic E-state index is 0.452. The fourth-order valence-corrected chi connectivity index (χ4v) is 1.03. The number of aliphatic hydroxyl groups is 1. The van der Waals surface area contributed by atoms with Crippen molar-refractivity contribution < 1.29 is 9.84 Å². The van der Waals surface area contributed by atoms with E-state index in [1.54, 1.807) is 38.8 Å². The lowest BCUT2D eigenvalue weighted by atomic mass is 10.1. The molecule has 1 rings (SSSR count). The second-order valence-corrected chi connectivity index (χ2v) is 3.86. The van der Waals surface area contributed by atoms with Crippen LogP contribution in [0.1, 0.15) is 13.8 Å². The van der Waals surface area contributed by atoms with Crippen LogP contribution in [0.5, 0.6) is 5.88 Å². The summed E-state index contributed by atoms with van der Waals surface area (Å²) in [7, 11) is 3.39. The van der Waals surface area contributed by atoms with Crippen molar-refractivity contribution in [3.05, 3.63) is 6.07 Å². The fourth-order valence-electron chi connectivity index (χ4n) is 1.03. The zero-order valence-corrected chi connectivity index (χ0v) is 9.03. The number of nitrogens with one attached hydrogen (secondary N) is 1. The van der Waals surface area contributed by atoms with Crippen LogP contribution in [0.4, 0.5) is 5.82 Å². The van der Waals surface area contributed by atoms with Crippen molar-refractivity contribution in [2.24, 2.45) is 7.05 Å². The molecule has 0 aromatic carbocycles. The van der Waals surface area contributed by atoms with Gasteiger partial charge < -0.3 is 15.2 Å². The van der Waals surface area contributed by atoms with Crippen LogP contribution >= 0.6 is 0 Å². The molecule has 5 nitrogen and oxygen atoms in total. The second-order valence-electron chi connectivity index (χ2n) is 3.86. The summed E-state index contributed by atoms with van der Waals surface area (Å²) in [5.74, 6) is 1.38. The first-order valence-corrected chi connectivity index (χ1v) is 4.46. The van der Waals surface area contributed by atoms with Gasteiger partial charge in [0.1, 0.15) is 0 Å². The van der Waals surface area contributed by atoms with Gasteiger partial charge in [0.2, 0.25) is 5.88 Å². The van der Waals surface area contributed by atoms with Crippen molar-refractivity contribution in [3.63, 3.8) is 0 Å². The Labute approximate surface area is 83.7 Å². The molecule has 0 aliphatic carbocycles. The van der Waals surface area contributed by atoms with Crippen LogP contribution in [0.3, 0.4) is 0 Å². The molecule has 0 fully saturated rings. The lowest BCUT2D eigenvalue weighted by Crippen LogP contribution is -2.29. The van der Waals surface area contributed by atoms with Crippen LogP contribution in [-0.4, -0.2) is 34.1 Å². The third-order valence-corrected chi connectivity index (χ3v) is 1.75. The van der Waals surface area contributed by atoms with Crippen LogP contribution in [0, 0.1) is 0 Å². The van der Waals surface area contributed by atoms with Crippen molar-refractivity contribution in [2.45, 2.75) is 19.4 Å². The molecule has 0 aliphatic rings. The molecule has 0 bridgehead atoms. The summed E-state index contributed by atoms with van der Waals surface area (Å²) in [5, 5.41) is 16.7. The highest BCUT2D eigenvalue weighted by molar-refractivity contribution is 5.38. The molecule has 1 aromatic rings. The van der Waals surface area contributed by atoms with E-state index in [9.17, 15) is 5.11 Å². The first-order chi connectivity index (χ1) is 6.42. The highest BCUT2D eigenvalue weighted by Crippen LogP contribution is 2.15. The van der Waals surface area contributed by atoms with Crippen LogP contribution in [0.25, 0.3) is 0 Å². The average Bonchev–Trinajstić information content (AvgIpc) is 2.42. The Morgan fingerprint density at radius 3 is 2.71 bits per heavy atom. The molecule has 1 aromatic heterocycles. The third kappa shape index (κ3) is 2.92. The smallest absolute Gasteiger partial charge is 0.213 e. The van der Waals surface area contributed by atoms with Crippen LogP contribution in [0.2, 0.25) is 0 Å². The Balaban J connectivity index is 2.60. The number of hydrogen-bond acceptors (Lipinski definition) is 4. The number of methoxy groups -OCH3 is 1. The summed E-state index contributed by atoms with van der Waals surface area (Å²) < 4.78 is 6.69. The summed E-state index contributed by atoms with van der Waals surface area (Å²) in [6.07, 6.45) is 0. The van der Waals surface area contributed by atoms with Gasteiger partial charge in [-0.05, 0) is 13.8 Å². The Hall–Kier alpha value is -1.23. The highest BCUT2D eigenvalue weighted by Gasteiger charge is 2.13. The minimum Gasteiger partial charge on any atom is -0.481 e. The Morgan fingerprint density at radius 2 is 2.29 bits per heavy atom. The number of nitrogens with zero attached hydrogens (tertiary/aromatic N) is 2. The van der Waals surface area contributed by atoms with Crippen molar-refractivity contribution in [2.75, 3.05) is 19.0 Å². The molecule has 0 spiro atoms. The van der Waals surface area contributed by atoms with E-state index in [4.69, 9.17) is 4.74 Å². The molecule has 0 radical (unpaired) electrons. The molecule has 0 saturated heterocycles. The van der Waals surface area contributed by atoms with Gasteiger partial charge in [-0.25, -0.2) is 4.68 Å². The van der Waals surface area contributed by atoms with Gasteiger partial charge in [0.25, 0.3) is 0 Å². The molecule has 0 atom stereocenters. The number of rotatable bonds is 4. The maximum atomic E-state index is 9.48. The summed E-state index contributed by atoms with van der Waals surface area (Å²) in [4.78, 5) is 0. The molecule has 5 heteroatoms. The predicted octanol–water partition coefficient (Wildman–Crippen LogP) is 0.611. The van der Waals surface area contributed by atoms with Crippen molar-refractivity contribution in [1.82, 2.24) is 9.78 Å². The van der Waals surface area contributed by atoms with Gasteiger partial charge in [-0.15, -0.1) is 0 Å². The summed E-state index contributed by atoms with van der Waals surface area (Å²) in [6, 6.07) is 1.78. The first-order valence-electron chi connectivity index (χ1n) is 4.46. The molecule has 0 saturated carbocycles. The van der Waals surface area contributed by atoms with E-state index in [1.165, 1.54) is 0 Å². The summed E-state index contributed by atoms with van der Waals surface area (Å²) >= 11 is 0. The van der Waals surface area contributed by atoms with E-state index in [0.717, 1.165) is 0 Å². The van der Waals surface area contributed by atoms with Gasteiger partial charge in [-0.3, -0.25) is 0 Å².